The number of halogens is 4. The number of rotatable bonds is 8. The van der Waals surface area contributed by atoms with Crippen molar-refractivity contribution in [2.24, 2.45) is 0 Å². The Balaban J connectivity index is 1.30. The molecule has 0 aliphatic carbocycles. The van der Waals surface area contributed by atoms with Crippen LogP contribution in [0.25, 0.3) is 0 Å². The lowest BCUT2D eigenvalue weighted by molar-refractivity contribution is 0.482. The lowest BCUT2D eigenvalue weighted by atomic mass is 9.98. The number of benzene rings is 5. The summed E-state index contributed by atoms with van der Waals surface area (Å²) >= 11 is 27.2. The lowest BCUT2D eigenvalue weighted by Crippen LogP contribution is -2.15. The van der Waals surface area contributed by atoms with E-state index in [0.717, 1.165) is 11.5 Å². The molecule has 5 aromatic carbocycles. The summed E-state index contributed by atoms with van der Waals surface area (Å²) < 4.78 is 9.17. The maximum atomic E-state index is 6.81. The summed E-state index contributed by atoms with van der Waals surface area (Å²) in [4.78, 5) is 0. The molecule has 0 heterocycles. The molecule has 0 aliphatic heterocycles. The monoisotopic (exact) mass is 578 g/mol. The second-order valence-electron chi connectivity index (χ2n) is 8.61. The van der Waals surface area contributed by atoms with Gasteiger partial charge in [-0.2, -0.15) is 0 Å². The Bertz CT molecular complexity index is 1350. The van der Waals surface area contributed by atoms with Crippen molar-refractivity contribution in [3.05, 3.63) is 156 Å². The molecule has 0 radical (unpaired) electrons. The Hall–Kier alpha value is -3.14. The van der Waals surface area contributed by atoms with E-state index in [0.29, 0.717) is 33.8 Å². The summed E-state index contributed by atoms with van der Waals surface area (Å²) in [7, 11) is 0. The van der Waals surface area contributed by atoms with Crippen molar-refractivity contribution < 1.29 is 9.47 Å². The summed E-state index contributed by atoms with van der Waals surface area (Å²) in [6.07, 6.45) is 0. The van der Waals surface area contributed by atoms with E-state index in [2.05, 4.69) is 0 Å². The molecule has 0 bridgehead atoms. The first-order valence-corrected chi connectivity index (χ1v) is 13.4. The molecular formula is C32H22Cl4O2. The van der Waals surface area contributed by atoms with Crippen LogP contribution in [-0.2, 0) is 8.67 Å². The van der Waals surface area contributed by atoms with Gasteiger partial charge >= 0.3 is 0 Å². The van der Waals surface area contributed by atoms with Gasteiger partial charge in [0, 0.05) is 0 Å². The fourth-order valence-corrected chi connectivity index (χ4v) is 4.94. The zero-order valence-electron chi connectivity index (χ0n) is 20.0. The molecule has 0 spiro atoms. The van der Waals surface area contributed by atoms with Gasteiger partial charge < -0.3 is 9.47 Å². The third-order valence-electron chi connectivity index (χ3n) is 6.00. The number of para-hydroxylation sites is 2. The molecule has 190 valence electrons. The standard InChI is InChI=1S/C32H22Cl4O2/c33-31(34,25-15-19-29(20-16-25)37-27-7-3-1-4-8-27)23-11-13-24(14-12-23)32(35,36)26-17-21-30(22-18-26)38-28-9-5-2-6-10-28/h1-22H. The minimum Gasteiger partial charge on any atom is -0.457 e. The molecule has 0 saturated heterocycles. The summed E-state index contributed by atoms with van der Waals surface area (Å²) in [5.41, 5.74) is 2.81. The molecule has 0 aliphatic rings. The predicted octanol–water partition coefficient (Wildman–Crippen LogP) is 10.6. The van der Waals surface area contributed by atoms with E-state index in [1.807, 2.05) is 133 Å². The summed E-state index contributed by atoms with van der Waals surface area (Å²) in [5.74, 6) is 2.88. The molecule has 38 heavy (non-hydrogen) atoms. The lowest BCUT2D eigenvalue weighted by Gasteiger charge is -2.24. The maximum Gasteiger partial charge on any atom is 0.168 e. The molecule has 0 saturated carbocycles. The SMILES string of the molecule is ClC(Cl)(c1ccc(Oc2ccccc2)cc1)c1ccc(C(Cl)(Cl)c2ccc(Oc3ccccc3)cc2)cc1. The highest BCUT2D eigenvalue weighted by molar-refractivity contribution is 6.50. The number of ether oxygens (including phenoxy) is 2. The number of alkyl halides is 4. The fourth-order valence-electron chi connectivity index (χ4n) is 3.94. The molecule has 0 aromatic heterocycles. The Morgan fingerprint density at radius 1 is 0.316 bits per heavy atom. The maximum absolute atomic E-state index is 6.81. The second-order valence-corrected chi connectivity index (χ2v) is 11.3. The van der Waals surface area contributed by atoms with Crippen molar-refractivity contribution in [1.29, 1.82) is 0 Å². The highest BCUT2D eigenvalue weighted by atomic mass is 35.5. The first kappa shape index (κ1) is 26.5. The molecule has 6 heteroatoms. The van der Waals surface area contributed by atoms with Gasteiger partial charge in [-0.05, 0) is 70.8 Å². The van der Waals surface area contributed by atoms with Crippen LogP contribution in [0.1, 0.15) is 22.3 Å². The highest BCUT2D eigenvalue weighted by Gasteiger charge is 2.32. The molecule has 0 fully saturated rings. The van der Waals surface area contributed by atoms with Gasteiger partial charge in [-0.15, -0.1) is 0 Å². The predicted molar refractivity (Wildman–Crippen MR) is 157 cm³/mol. The van der Waals surface area contributed by atoms with Crippen molar-refractivity contribution in [2.45, 2.75) is 8.67 Å². The van der Waals surface area contributed by atoms with Gasteiger partial charge in [0.05, 0.1) is 0 Å². The number of hydrogen-bond acceptors (Lipinski definition) is 2. The zero-order chi connectivity index (χ0) is 26.6. The van der Waals surface area contributed by atoms with E-state index in [9.17, 15) is 0 Å². The summed E-state index contributed by atoms with van der Waals surface area (Å²) in [6.45, 7) is 0. The third-order valence-corrected chi connectivity index (χ3v) is 7.75. The topological polar surface area (TPSA) is 18.5 Å². The number of hydrogen-bond donors (Lipinski definition) is 0. The first-order chi connectivity index (χ1) is 18.3. The van der Waals surface area contributed by atoms with Crippen molar-refractivity contribution in [3.63, 3.8) is 0 Å². The molecule has 2 nitrogen and oxygen atoms in total. The van der Waals surface area contributed by atoms with Gasteiger partial charge in [0.25, 0.3) is 0 Å². The third kappa shape index (κ3) is 5.95. The molecule has 5 rings (SSSR count). The molecular weight excluding hydrogens is 558 g/mol. The van der Waals surface area contributed by atoms with Crippen LogP contribution in [0.3, 0.4) is 0 Å². The van der Waals surface area contributed by atoms with E-state index < -0.39 is 8.67 Å². The fraction of sp³-hybridized carbons (Fsp3) is 0.0625. The van der Waals surface area contributed by atoms with Crippen LogP contribution < -0.4 is 9.47 Å². The van der Waals surface area contributed by atoms with Crippen LogP contribution in [0.15, 0.2) is 133 Å². The van der Waals surface area contributed by atoms with Crippen molar-refractivity contribution in [3.8, 4) is 23.0 Å². The Morgan fingerprint density at radius 2 is 0.553 bits per heavy atom. The van der Waals surface area contributed by atoms with Gasteiger partial charge in [0.15, 0.2) is 8.67 Å². The Morgan fingerprint density at radius 3 is 0.842 bits per heavy atom. The van der Waals surface area contributed by atoms with Gasteiger partial charge in [0.1, 0.15) is 23.0 Å². The summed E-state index contributed by atoms with van der Waals surface area (Å²) in [5, 5.41) is 0. The normalized spacial score (nSPS) is 11.7. The van der Waals surface area contributed by atoms with Gasteiger partial charge in [-0.25, -0.2) is 0 Å². The van der Waals surface area contributed by atoms with E-state index in [4.69, 9.17) is 55.9 Å². The van der Waals surface area contributed by atoms with Crippen molar-refractivity contribution >= 4 is 46.4 Å². The zero-order valence-corrected chi connectivity index (χ0v) is 23.1. The second kappa shape index (κ2) is 11.3. The van der Waals surface area contributed by atoms with Crippen LogP contribution in [0.5, 0.6) is 23.0 Å². The van der Waals surface area contributed by atoms with Crippen LogP contribution in [-0.4, -0.2) is 0 Å². The molecule has 0 N–H and O–H groups in total. The smallest absolute Gasteiger partial charge is 0.168 e. The molecule has 0 atom stereocenters. The van der Waals surface area contributed by atoms with Gasteiger partial charge in [0.2, 0.25) is 0 Å². The van der Waals surface area contributed by atoms with Gasteiger partial charge in [-0.1, -0.05) is 131 Å². The highest BCUT2D eigenvalue weighted by Crippen LogP contribution is 2.45. The van der Waals surface area contributed by atoms with Crippen LogP contribution >= 0.6 is 46.4 Å². The molecule has 0 amide bonds. The van der Waals surface area contributed by atoms with Crippen LogP contribution in [0, 0.1) is 0 Å². The first-order valence-electron chi connectivity index (χ1n) is 11.9. The largest absolute Gasteiger partial charge is 0.457 e. The summed E-state index contributed by atoms with van der Waals surface area (Å²) in [6, 6.07) is 41.2. The van der Waals surface area contributed by atoms with Crippen molar-refractivity contribution in [2.75, 3.05) is 0 Å². The molecule has 5 aromatic rings. The van der Waals surface area contributed by atoms with Crippen molar-refractivity contribution in [1.82, 2.24) is 0 Å². The van der Waals surface area contributed by atoms with E-state index in [-0.39, 0.29) is 0 Å². The minimum atomic E-state index is -1.28. The van der Waals surface area contributed by atoms with E-state index in [1.165, 1.54) is 0 Å². The van der Waals surface area contributed by atoms with Crippen LogP contribution in [0.4, 0.5) is 0 Å². The Kier molecular flexibility index (Phi) is 7.88. The average molecular weight is 580 g/mol. The quantitative estimate of drug-likeness (QED) is 0.170. The van der Waals surface area contributed by atoms with Gasteiger partial charge in [-0.3, -0.25) is 0 Å². The average Bonchev–Trinajstić information content (AvgIpc) is 2.95. The van der Waals surface area contributed by atoms with Crippen LogP contribution in [0.2, 0.25) is 0 Å². The minimum absolute atomic E-state index is 0.689. The van der Waals surface area contributed by atoms with E-state index in [1.54, 1.807) is 0 Å². The Labute approximate surface area is 242 Å². The molecule has 0 unspecified atom stereocenters. The van der Waals surface area contributed by atoms with E-state index >= 15 is 0 Å².